The van der Waals surface area contributed by atoms with Crippen LogP contribution in [0.5, 0.6) is 0 Å². The number of pyridine rings is 1. The molecule has 1 saturated heterocycles. The third kappa shape index (κ3) is 3.74. The molecule has 0 amide bonds. The van der Waals surface area contributed by atoms with Crippen LogP contribution in [-0.4, -0.2) is 71.4 Å². The lowest BCUT2D eigenvalue weighted by molar-refractivity contribution is 0.180. The van der Waals surface area contributed by atoms with Gasteiger partial charge >= 0.3 is 0 Å². The third-order valence-electron chi connectivity index (χ3n) is 5.06. The molecule has 0 unspecified atom stereocenters. The van der Waals surface area contributed by atoms with Crippen LogP contribution in [0.2, 0.25) is 0 Å². The van der Waals surface area contributed by atoms with Gasteiger partial charge in [0.15, 0.2) is 0 Å². The van der Waals surface area contributed by atoms with E-state index in [4.69, 9.17) is 5.10 Å². The van der Waals surface area contributed by atoms with Crippen molar-refractivity contribution >= 4 is 15.7 Å². The molecule has 2 aromatic heterocycles. The number of anilines is 1. The predicted molar refractivity (Wildman–Crippen MR) is 99.2 cm³/mol. The SMILES string of the molecule is CS(=O)(=O)N1CCN(Cc2cc3n(n2)CCN(c2ccncc2)C3)CC1. The van der Waals surface area contributed by atoms with Gasteiger partial charge in [0.2, 0.25) is 10.0 Å². The number of hydrogen-bond acceptors (Lipinski definition) is 6. The minimum absolute atomic E-state index is 0.558. The number of piperazine rings is 1. The van der Waals surface area contributed by atoms with Crippen molar-refractivity contribution in [3.63, 3.8) is 0 Å². The van der Waals surface area contributed by atoms with Crippen LogP contribution < -0.4 is 4.90 Å². The predicted octanol–water partition coefficient (Wildman–Crippen LogP) is 0.376. The van der Waals surface area contributed by atoms with Crippen molar-refractivity contribution in [2.45, 2.75) is 19.6 Å². The van der Waals surface area contributed by atoms with Crippen molar-refractivity contribution in [2.75, 3.05) is 43.9 Å². The van der Waals surface area contributed by atoms with Crippen molar-refractivity contribution in [1.82, 2.24) is 24.0 Å². The van der Waals surface area contributed by atoms with Gasteiger partial charge in [-0.3, -0.25) is 14.6 Å². The number of fused-ring (bicyclic) bond motifs is 1. The van der Waals surface area contributed by atoms with E-state index in [2.05, 4.69) is 25.5 Å². The molecule has 2 aliphatic heterocycles. The third-order valence-corrected chi connectivity index (χ3v) is 6.37. The molecule has 2 aromatic rings. The molecule has 9 heteroatoms. The van der Waals surface area contributed by atoms with Crippen molar-refractivity contribution in [3.8, 4) is 0 Å². The maximum absolute atomic E-state index is 11.6. The van der Waals surface area contributed by atoms with E-state index in [-0.39, 0.29) is 0 Å². The molecule has 4 rings (SSSR count). The molecule has 0 N–H and O–H groups in total. The fraction of sp³-hybridized carbons (Fsp3) is 0.529. The quantitative estimate of drug-likeness (QED) is 0.768. The highest BCUT2D eigenvalue weighted by atomic mass is 32.2. The highest BCUT2D eigenvalue weighted by Gasteiger charge is 2.25. The Balaban J connectivity index is 1.38. The van der Waals surface area contributed by atoms with E-state index < -0.39 is 10.0 Å². The van der Waals surface area contributed by atoms with Gasteiger partial charge in [-0.2, -0.15) is 9.40 Å². The van der Waals surface area contributed by atoms with Gasteiger partial charge in [0, 0.05) is 57.3 Å². The molecule has 0 atom stereocenters. The molecule has 0 spiro atoms. The zero-order valence-electron chi connectivity index (χ0n) is 15.0. The first-order valence-corrected chi connectivity index (χ1v) is 10.7. The number of hydrogen-bond donors (Lipinski definition) is 0. The van der Waals surface area contributed by atoms with Gasteiger partial charge in [-0.05, 0) is 18.2 Å². The monoisotopic (exact) mass is 376 g/mol. The number of rotatable bonds is 4. The van der Waals surface area contributed by atoms with Crippen LogP contribution >= 0.6 is 0 Å². The second-order valence-electron chi connectivity index (χ2n) is 6.92. The van der Waals surface area contributed by atoms with Crippen molar-refractivity contribution in [1.29, 1.82) is 0 Å². The Bertz CT molecular complexity index is 859. The molecular formula is C17H24N6O2S. The summed E-state index contributed by atoms with van der Waals surface area (Å²) in [5.74, 6) is 0. The van der Waals surface area contributed by atoms with Crippen molar-refractivity contribution in [3.05, 3.63) is 42.0 Å². The van der Waals surface area contributed by atoms with E-state index in [1.165, 1.54) is 17.6 Å². The first kappa shape index (κ1) is 17.4. The van der Waals surface area contributed by atoms with E-state index >= 15 is 0 Å². The minimum Gasteiger partial charge on any atom is -0.364 e. The standard InChI is InChI=1S/C17H24N6O2S/c1-26(24,25)22-9-6-20(7-10-22)13-15-12-17-14-21(8-11-23(17)19-15)16-2-4-18-5-3-16/h2-5,12H,6-11,13-14H2,1H3. The number of nitrogens with zero attached hydrogens (tertiary/aromatic N) is 6. The Morgan fingerprint density at radius 3 is 2.46 bits per heavy atom. The topological polar surface area (TPSA) is 74.6 Å². The molecule has 26 heavy (non-hydrogen) atoms. The molecule has 0 radical (unpaired) electrons. The van der Waals surface area contributed by atoms with E-state index in [0.717, 1.165) is 45.0 Å². The second-order valence-corrected chi connectivity index (χ2v) is 8.90. The zero-order chi connectivity index (χ0) is 18.1. The van der Waals surface area contributed by atoms with Gasteiger partial charge in [-0.15, -0.1) is 0 Å². The fourth-order valence-electron chi connectivity index (χ4n) is 3.63. The molecule has 0 aliphatic carbocycles. The van der Waals surface area contributed by atoms with Gasteiger partial charge < -0.3 is 4.90 Å². The van der Waals surface area contributed by atoms with Crippen LogP contribution in [0.1, 0.15) is 11.4 Å². The van der Waals surface area contributed by atoms with Crippen LogP contribution in [0.25, 0.3) is 0 Å². The van der Waals surface area contributed by atoms with Gasteiger partial charge in [-0.25, -0.2) is 8.42 Å². The lowest BCUT2D eigenvalue weighted by atomic mass is 10.2. The molecule has 4 heterocycles. The number of sulfonamides is 1. The van der Waals surface area contributed by atoms with Gasteiger partial charge in [-0.1, -0.05) is 0 Å². The first-order valence-electron chi connectivity index (χ1n) is 8.87. The van der Waals surface area contributed by atoms with Crippen LogP contribution in [0.15, 0.2) is 30.6 Å². The Kier molecular flexibility index (Phi) is 4.68. The molecule has 0 bridgehead atoms. The molecule has 140 valence electrons. The Morgan fingerprint density at radius 1 is 1.04 bits per heavy atom. The summed E-state index contributed by atoms with van der Waals surface area (Å²) in [5.41, 5.74) is 3.47. The van der Waals surface area contributed by atoms with E-state index in [1.807, 2.05) is 24.5 Å². The summed E-state index contributed by atoms with van der Waals surface area (Å²) < 4.78 is 26.9. The minimum atomic E-state index is -3.08. The molecule has 2 aliphatic rings. The highest BCUT2D eigenvalue weighted by molar-refractivity contribution is 7.88. The molecule has 0 saturated carbocycles. The number of aromatic nitrogens is 3. The van der Waals surface area contributed by atoms with Crippen molar-refractivity contribution < 1.29 is 8.42 Å². The summed E-state index contributed by atoms with van der Waals surface area (Å²) in [5, 5.41) is 4.74. The van der Waals surface area contributed by atoms with E-state index in [1.54, 1.807) is 4.31 Å². The lowest BCUT2D eigenvalue weighted by Crippen LogP contribution is -2.47. The average molecular weight is 376 g/mol. The normalized spacial score (nSPS) is 19.5. The summed E-state index contributed by atoms with van der Waals surface area (Å²) in [6.07, 6.45) is 4.92. The zero-order valence-corrected chi connectivity index (χ0v) is 15.8. The summed E-state index contributed by atoms with van der Waals surface area (Å²) in [6, 6.07) is 6.25. The van der Waals surface area contributed by atoms with Gasteiger partial charge in [0.25, 0.3) is 0 Å². The van der Waals surface area contributed by atoms with Crippen LogP contribution in [0.4, 0.5) is 5.69 Å². The Hall–Kier alpha value is -1.97. The van der Waals surface area contributed by atoms with Gasteiger partial charge in [0.1, 0.15) is 0 Å². The van der Waals surface area contributed by atoms with Crippen LogP contribution in [0, 0.1) is 0 Å². The van der Waals surface area contributed by atoms with Gasteiger partial charge in [0.05, 0.1) is 30.7 Å². The molecule has 1 fully saturated rings. The van der Waals surface area contributed by atoms with Crippen LogP contribution in [0.3, 0.4) is 0 Å². The van der Waals surface area contributed by atoms with E-state index in [9.17, 15) is 8.42 Å². The maximum atomic E-state index is 11.6. The fourth-order valence-corrected chi connectivity index (χ4v) is 4.45. The second kappa shape index (κ2) is 6.98. The lowest BCUT2D eigenvalue weighted by Gasteiger charge is -2.32. The van der Waals surface area contributed by atoms with Crippen LogP contribution in [-0.2, 0) is 29.7 Å². The summed E-state index contributed by atoms with van der Waals surface area (Å²) in [6.45, 7) is 6.04. The Labute approximate surface area is 154 Å². The average Bonchev–Trinajstić information content (AvgIpc) is 3.03. The molecule has 0 aromatic carbocycles. The highest BCUT2D eigenvalue weighted by Crippen LogP contribution is 2.21. The first-order chi connectivity index (χ1) is 12.5. The van der Waals surface area contributed by atoms with Crippen molar-refractivity contribution in [2.24, 2.45) is 0 Å². The molecule has 8 nitrogen and oxygen atoms in total. The largest absolute Gasteiger partial charge is 0.364 e. The van der Waals surface area contributed by atoms with E-state index in [0.29, 0.717) is 13.1 Å². The smallest absolute Gasteiger partial charge is 0.211 e. The summed E-state index contributed by atoms with van der Waals surface area (Å²) in [7, 11) is -3.08. The summed E-state index contributed by atoms with van der Waals surface area (Å²) in [4.78, 5) is 8.70. The Morgan fingerprint density at radius 2 is 1.77 bits per heavy atom. The maximum Gasteiger partial charge on any atom is 0.211 e. The summed E-state index contributed by atoms with van der Waals surface area (Å²) >= 11 is 0. The molecular weight excluding hydrogens is 352 g/mol.